The normalized spacial score (nSPS) is 18.1. The van der Waals surface area contributed by atoms with Gasteiger partial charge in [-0.15, -0.1) is 0 Å². The number of nitrogens with one attached hydrogen (secondary N) is 1. The number of ether oxygens (including phenoxy) is 4. The molecule has 1 N–H and O–H groups in total. The number of benzene rings is 2. The van der Waals surface area contributed by atoms with Gasteiger partial charge in [-0.2, -0.15) is 0 Å². The molecule has 194 valence electrons. The van der Waals surface area contributed by atoms with Crippen molar-refractivity contribution in [3.63, 3.8) is 0 Å². The molecule has 1 amide bonds. The summed E-state index contributed by atoms with van der Waals surface area (Å²) < 4.78 is 21.5. The summed E-state index contributed by atoms with van der Waals surface area (Å²) in [5.74, 6) is -0.376. The number of rotatable bonds is 10. The first kappa shape index (κ1) is 27.0. The molecular weight excluding hydrogens is 462 g/mol. The highest BCUT2D eigenvalue weighted by Crippen LogP contribution is 2.28. The van der Waals surface area contributed by atoms with Crippen LogP contribution in [-0.2, 0) is 37.0 Å². The Balaban J connectivity index is 1.40. The highest BCUT2D eigenvalue weighted by molar-refractivity contribution is 5.81. The summed E-state index contributed by atoms with van der Waals surface area (Å²) >= 11 is 0. The van der Waals surface area contributed by atoms with Gasteiger partial charge in [0.05, 0.1) is 13.0 Å². The lowest BCUT2D eigenvalue weighted by molar-refractivity contribution is -0.157. The summed E-state index contributed by atoms with van der Waals surface area (Å²) in [6.45, 7) is 3.99. The van der Waals surface area contributed by atoms with Crippen molar-refractivity contribution < 1.29 is 33.3 Å². The summed E-state index contributed by atoms with van der Waals surface area (Å²) in [4.78, 5) is 37.5. The summed E-state index contributed by atoms with van der Waals surface area (Å²) in [6.07, 6.45) is 1.33. The molecule has 0 heterocycles. The first-order valence-corrected chi connectivity index (χ1v) is 12.3. The van der Waals surface area contributed by atoms with E-state index in [0.29, 0.717) is 25.7 Å². The minimum absolute atomic E-state index is 0.116. The fraction of sp³-hybridized carbons (Fsp3) is 0.464. The van der Waals surface area contributed by atoms with Crippen molar-refractivity contribution in [2.45, 2.75) is 64.9 Å². The minimum atomic E-state index is -0.819. The lowest BCUT2D eigenvalue weighted by Gasteiger charge is -2.29. The number of hydrogen-bond acceptors (Lipinski definition) is 7. The lowest BCUT2D eigenvalue weighted by Crippen LogP contribution is -2.46. The van der Waals surface area contributed by atoms with Crippen molar-refractivity contribution in [1.82, 2.24) is 5.32 Å². The Morgan fingerprint density at radius 2 is 1.47 bits per heavy atom. The topological polar surface area (TPSA) is 100 Å². The predicted octanol–water partition coefficient (Wildman–Crippen LogP) is 4.79. The van der Waals surface area contributed by atoms with Crippen LogP contribution in [0.25, 0.3) is 0 Å². The maximum atomic E-state index is 12.8. The Labute approximate surface area is 212 Å². The zero-order chi connectivity index (χ0) is 25.9. The van der Waals surface area contributed by atoms with Crippen LogP contribution in [0.5, 0.6) is 5.75 Å². The second kappa shape index (κ2) is 13.5. The van der Waals surface area contributed by atoms with Gasteiger partial charge in [0.15, 0.2) is 0 Å². The maximum Gasteiger partial charge on any atom is 0.408 e. The van der Waals surface area contributed by atoms with E-state index in [1.165, 1.54) is 0 Å². The molecule has 0 radical (unpaired) electrons. The fourth-order valence-corrected chi connectivity index (χ4v) is 4.04. The molecule has 36 heavy (non-hydrogen) atoms. The molecule has 3 rings (SSSR count). The van der Waals surface area contributed by atoms with E-state index in [9.17, 15) is 14.4 Å². The lowest BCUT2D eigenvalue weighted by atomic mass is 9.87. The third kappa shape index (κ3) is 8.29. The van der Waals surface area contributed by atoms with Crippen LogP contribution in [0.2, 0.25) is 0 Å². The highest BCUT2D eigenvalue weighted by Gasteiger charge is 2.32. The van der Waals surface area contributed by atoms with Crippen molar-refractivity contribution in [1.29, 1.82) is 0 Å². The molecular formula is C28H35NO7. The van der Waals surface area contributed by atoms with Crippen LogP contribution in [0.3, 0.4) is 0 Å². The summed E-state index contributed by atoms with van der Waals surface area (Å²) in [5.41, 5.74) is 1.75. The molecule has 1 atom stereocenters. The van der Waals surface area contributed by atoms with Crippen molar-refractivity contribution in [3.8, 4) is 5.75 Å². The molecule has 0 bridgehead atoms. The van der Waals surface area contributed by atoms with Gasteiger partial charge in [-0.1, -0.05) is 56.3 Å². The van der Waals surface area contributed by atoms with E-state index in [0.717, 1.165) is 16.9 Å². The smallest absolute Gasteiger partial charge is 0.408 e. The first-order valence-electron chi connectivity index (χ1n) is 12.3. The van der Waals surface area contributed by atoms with Gasteiger partial charge in [0, 0.05) is 0 Å². The largest absolute Gasteiger partial charge is 0.497 e. The van der Waals surface area contributed by atoms with Crippen LogP contribution in [0.1, 0.15) is 50.7 Å². The Bertz CT molecular complexity index is 983. The Morgan fingerprint density at radius 1 is 0.861 bits per heavy atom. The van der Waals surface area contributed by atoms with Crippen molar-refractivity contribution >= 4 is 18.0 Å². The third-order valence-corrected chi connectivity index (χ3v) is 6.24. The average Bonchev–Trinajstić information content (AvgIpc) is 2.90. The van der Waals surface area contributed by atoms with E-state index in [1.54, 1.807) is 7.11 Å². The number of methoxy groups -OCH3 is 1. The quantitative estimate of drug-likeness (QED) is 0.372. The predicted molar refractivity (Wildman–Crippen MR) is 133 cm³/mol. The van der Waals surface area contributed by atoms with Gasteiger partial charge in [-0.3, -0.25) is 4.79 Å². The van der Waals surface area contributed by atoms with Crippen LogP contribution in [0, 0.1) is 11.8 Å². The van der Waals surface area contributed by atoms with Gasteiger partial charge in [-0.05, 0) is 54.9 Å². The Hall–Kier alpha value is -3.55. The van der Waals surface area contributed by atoms with E-state index in [1.807, 2.05) is 68.4 Å². The monoisotopic (exact) mass is 497 g/mol. The van der Waals surface area contributed by atoms with E-state index in [-0.39, 0.29) is 37.1 Å². The van der Waals surface area contributed by atoms with Crippen LogP contribution >= 0.6 is 0 Å². The molecule has 0 aliphatic heterocycles. The molecule has 2 aromatic carbocycles. The molecule has 0 spiro atoms. The zero-order valence-corrected chi connectivity index (χ0v) is 21.1. The molecule has 1 aliphatic rings. The molecule has 0 saturated heterocycles. The third-order valence-electron chi connectivity index (χ3n) is 6.24. The second-order valence-electron chi connectivity index (χ2n) is 9.29. The molecule has 0 aromatic heterocycles. The molecule has 2 aromatic rings. The summed E-state index contributed by atoms with van der Waals surface area (Å²) in [6, 6.07) is 15.9. The standard InChI is InChI=1S/C28H35NO7/c1-19(2)25(29-28(32)35-18-20-7-5-4-6-8-20)27(31)36-24-15-11-22(12-16-24)26(30)34-17-21-9-13-23(33-3)14-10-21/h4-10,13-14,19,22,24-25H,11-12,15-18H2,1-3H3,(H,29,32)/t22?,24?,25-/m0/s1. The van der Waals surface area contributed by atoms with E-state index in [2.05, 4.69) is 5.32 Å². The van der Waals surface area contributed by atoms with Gasteiger partial charge >= 0.3 is 18.0 Å². The molecule has 1 fully saturated rings. The maximum absolute atomic E-state index is 12.8. The second-order valence-corrected chi connectivity index (χ2v) is 9.29. The van der Waals surface area contributed by atoms with Gasteiger partial charge in [-0.25, -0.2) is 9.59 Å². The number of esters is 2. The summed E-state index contributed by atoms with van der Waals surface area (Å²) in [7, 11) is 1.60. The van der Waals surface area contributed by atoms with Crippen LogP contribution < -0.4 is 10.1 Å². The number of alkyl carbamates (subject to hydrolysis) is 1. The minimum Gasteiger partial charge on any atom is -0.497 e. The van der Waals surface area contributed by atoms with Crippen LogP contribution in [0.4, 0.5) is 4.79 Å². The Morgan fingerprint density at radius 3 is 2.08 bits per heavy atom. The van der Waals surface area contributed by atoms with Crippen LogP contribution in [0.15, 0.2) is 54.6 Å². The number of carbonyl (C=O) groups excluding carboxylic acids is 3. The van der Waals surface area contributed by atoms with Crippen molar-refractivity contribution in [2.75, 3.05) is 7.11 Å². The Kier molecular flexibility index (Phi) is 10.2. The average molecular weight is 498 g/mol. The fourth-order valence-electron chi connectivity index (χ4n) is 4.04. The number of carbonyl (C=O) groups is 3. The molecule has 0 unspecified atom stereocenters. The van der Waals surface area contributed by atoms with E-state index in [4.69, 9.17) is 18.9 Å². The van der Waals surface area contributed by atoms with Gasteiger partial charge in [0.1, 0.15) is 31.1 Å². The van der Waals surface area contributed by atoms with Gasteiger partial charge in [0.25, 0.3) is 0 Å². The first-order chi connectivity index (χ1) is 17.4. The number of hydrogen-bond donors (Lipinski definition) is 1. The SMILES string of the molecule is COc1ccc(COC(=O)C2CCC(OC(=O)[C@@H](NC(=O)OCc3ccccc3)C(C)C)CC2)cc1. The van der Waals surface area contributed by atoms with E-state index < -0.39 is 18.1 Å². The molecule has 1 saturated carbocycles. The highest BCUT2D eigenvalue weighted by atomic mass is 16.6. The summed E-state index contributed by atoms with van der Waals surface area (Å²) in [5, 5.41) is 2.62. The van der Waals surface area contributed by atoms with Crippen molar-refractivity contribution in [2.24, 2.45) is 11.8 Å². The number of amides is 1. The van der Waals surface area contributed by atoms with Gasteiger partial charge < -0.3 is 24.3 Å². The zero-order valence-electron chi connectivity index (χ0n) is 21.1. The van der Waals surface area contributed by atoms with Crippen molar-refractivity contribution in [3.05, 3.63) is 65.7 Å². The molecule has 1 aliphatic carbocycles. The molecule has 8 nitrogen and oxygen atoms in total. The van der Waals surface area contributed by atoms with E-state index >= 15 is 0 Å². The van der Waals surface area contributed by atoms with Crippen LogP contribution in [-0.4, -0.2) is 37.3 Å². The molecule has 8 heteroatoms. The van der Waals surface area contributed by atoms with Gasteiger partial charge in [0.2, 0.25) is 0 Å².